The van der Waals surface area contributed by atoms with Crippen LogP contribution < -0.4 is 11.1 Å². The predicted octanol–water partition coefficient (Wildman–Crippen LogP) is 0.0447. The number of aliphatic hydroxyl groups is 2. The number of rotatable bonds is 4. The second kappa shape index (κ2) is 5.91. The molecule has 5 N–H and O–H groups in total. The molecule has 1 aliphatic rings. The molecule has 0 unspecified atom stereocenters. The Bertz CT molecular complexity index is 471. The second-order valence-corrected chi connectivity index (χ2v) is 4.82. The van der Waals surface area contributed by atoms with Crippen molar-refractivity contribution in [1.82, 2.24) is 9.78 Å². The average Bonchev–Trinajstić information content (AvgIpc) is 2.69. The SMILES string of the molecule is N#Cc1c(NC2CCC(O)CC2)nn(CCO)c1N. The van der Waals surface area contributed by atoms with Crippen LogP contribution in [-0.2, 0) is 6.54 Å². The van der Waals surface area contributed by atoms with Gasteiger partial charge in [-0.25, -0.2) is 4.68 Å². The van der Waals surface area contributed by atoms with Crippen LogP contribution in [0.15, 0.2) is 0 Å². The fourth-order valence-electron chi connectivity index (χ4n) is 2.36. The summed E-state index contributed by atoms with van der Waals surface area (Å²) in [6.07, 6.45) is 2.99. The fourth-order valence-corrected chi connectivity index (χ4v) is 2.36. The van der Waals surface area contributed by atoms with Crippen LogP contribution in [-0.4, -0.2) is 38.7 Å². The summed E-state index contributed by atoms with van der Waals surface area (Å²) >= 11 is 0. The molecule has 0 atom stereocenters. The first-order chi connectivity index (χ1) is 9.15. The molecule has 0 saturated heterocycles. The summed E-state index contributed by atoms with van der Waals surface area (Å²) in [5, 5.41) is 34.9. The number of aliphatic hydroxyl groups excluding tert-OH is 2. The second-order valence-electron chi connectivity index (χ2n) is 4.82. The number of nitriles is 1. The number of anilines is 2. The van der Waals surface area contributed by atoms with Gasteiger partial charge in [0.2, 0.25) is 0 Å². The van der Waals surface area contributed by atoms with Crippen molar-refractivity contribution < 1.29 is 10.2 Å². The molecule has 0 aliphatic heterocycles. The van der Waals surface area contributed by atoms with E-state index in [4.69, 9.17) is 16.1 Å². The van der Waals surface area contributed by atoms with E-state index in [0.29, 0.717) is 11.4 Å². The van der Waals surface area contributed by atoms with Crippen LogP contribution in [0.25, 0.3) is 0 Å². The summed E-state index contributed by atoms with van der Waals surface area (Å²) in [6, 6.07) is 2.24. The van der Waals surface area contributed by atoms with Gasteiger partial charge in [-0.05, 0) is 25.7 Å². The monoisotopic (exact) mass is 265 g/mol. The number of aromatic nitrogens is 2. The minimum absolute atomic E-state index is 0.0776. The largest absolute Gasteiger partial charge is 0.394 e. The molecule has 1 fully saturated rings. The first-order valence-electron chi connectivity index (χ1n) is 6.47. The Morgan fingerprint density at radius 2 is 2.11 bits per heavy atom. The Morgan fingerprint density at radius 3 is 2.68 bits per heavy atom. The highest BCUT2D eigenvalue weighted by atomic mass is 16.3. The maximum Gasteiger partial charge on any atom is 0.168 e. The average molecular weight is 265 g/mol. The maximum atomic E-state index is 9.46. The topological polar surface area (TPSA) is 120 Å². The van der Waals surface area contributed by atoms with E-state index >= 15 is 0 Å². The van der Waals surface area contributed by atoms with Gasteiger partial charge < -0.3 is 21.3 Å². The molecule has 0 bridgehead atoms. The first kappa shape index (κ1) is 13.6. The van der Waals surface area contributed by atoms with E-state index in [-0.39, 0.29) is 31.1 Å². The molecule has 0 amide bonds. The van der Waals surface area contributed by atoms with E-state index in [2.05, 4.69) is 10.4 Å². The van der Waals surface area contributed by atoms with Crippen LogP contribution in [0.2, 0.25) is 0 Å². The lowest BCUT2D eigenvalue weighted by atomic mass is 9.93. The van der Waals surface area contributed by atoms with Crippen molar-refractivity contribution in [3.8, 4) is 6.07 Å². The maximum absolute atomic E-state index is 9.46. The lowest BCUT2D eigenvalue weighted by Gasteiger charge is -2.26. The zero-order chi connectivity index (χ0) is 13.8. The van der Waals surface area contributed by atoms with Gasteiger partial charge in [-0.3, -0.25) is 0 Å². The Labute approximate surface area is 111 Å². The van der Waals surface area contributed by atoms with Crippen molar-refractivity contribution in [3.63, 3.8) is 0 Å². The van der Waals surface area contributed by atoms with Gasteiger partial charge in [0.15, 0.2) is 5.82 Å². The van der Waals surface area contributed by atoms with Gasteiger partial charge in [-0.1, -0.05) is 0 Å². The Kier molecular flexibility index (Phi) is 4.24. The van der Waals surface area contributed by atoms with E-state index in [1.165, 1.54) is 4.68 Å². The van der Waals surface area contributed by atoms with E-state index in [9.17, 15) is 5.11 Å². The van der Waals surface area contributed by atoms with Gasteiger partial charge in [-0.15, -0.1) is 0 Å². The number of hydrogen-bond acceptors (Lipinski definition) is 6. The third-order valence-electron chi connectivity index (χ3n) is 3.45. The zero-order valence-corrected chi connectivity index (χ0v) is 10.7. The Balaban J connectivity index is 2.11. The van der Waals surface area contributed by atoms with Gasteiger partial charge in [0.05, 0.1) is 19.3 Å². The quantitative estimate of drug-likeness (QED) is 0.610. The van der Waals surface area contributed by atoms with E-state index < -0.39 is 0 Å². The molecule has 104 valence electrons. The molecular weight excluding hydrogens is 246 g/mol. The zero-order valence-electron chi connectivity index (χ0n) is 10.7. The molecule has 1 aliphatic carbocycles. The van der Waals surface area contributed by atoms with E-state index in [0.717, 1.165) is 25.7 Å². The van der Waals surface area contributed by atoms with Crippen LogP contribution in [0.1, 0.15) is 31.2 Å². The first-order valence-corrected chi connectivity index (χ1v) is 6.47. The number of nitrogen functional groups attached to an aromatic ring is 1. The molecule has 7 nitrogen and oxygen atoms in total. The molecular formula is C12H19N5O2. The minimum atomic E-state index is -0.217. The van der Waals surface area contributed by atoms with Crippen molar-refractivity contribution in [2.75, 3.05) is 17.7 Å². The summed E-state index contributed by atoms with van der Waals surface area (Å²) in [6.45, 7) is 0.192. The van der Waals surface area contributed by atoms with Crippen LogP contribution in [0.5, 0.6) is 0 Å². The van der Waals surface area contributed by atoms with Crippen LogP contribution in [0, 0.1) is 11.3 Å². The molecule has 1 heterocycles. The highest BCUT2D eigenvalue weighted by Gasteiger charge is 2.22. The summed E-state index contributed by atoms with van der Waals surface area (Å²) in [5.41, 5.74) is 6.13. The lowest BCUT2D eigenvalue weighted by molar-refractivity contribution is 0.126. The highest BCUT2D eigenvalue weighted by Crippen LogP contribution is 2.25. The van der Waals surface area contributed by atoms with Crippen molar-refractivity contribution in [2.45, 2.75) is 44.4 Å². The minimum Gasteiger partial charge on any atom is -0.394 e. The van der Waals surface area contributed by atoms with Gasteiger partial charge in [0.1, 0.15) is 17.5 Å². The molecule has 0 spiro atoms. The van der Waals surface area contributed by atoms with E-state index in [1.807, 2.05) is 6.07 Å². The van der Waals surface area contributed by atoms with Crippen molar-refractivity contribution in [1.29, 1.82) is 5.26 Å². The van der Waals surface area contributed by atoms with Gasteiger partial charge in [0, 0.05) is 6.04 Å². The molecule has 0 radical (unpaired) electrons. The molecule has 7 heteroatoms. The molecule has 2 rings (SSSR count). The van der Waals surface area contributed by atoms with Gasteiger partial charge in [-0.2, -0.15) is 10.4 Å². The number of hydrogen-bond donors (Lipinski definition) is 4. The molecule has 0 aromatic carbocycles. The van der Waals surface area contributed by atoms with E-state index in [1.54, 1.807) is 0 Å². The molecule has 19 heavy (non-hydrogen) atoms. The summed E-state index contributed by atoms with van der Waals surface area (Å²) in [4.78, 5) is 0. The highest BCUT2D eigenvalue weighted by molar-refractivity contribution is 5.64. The van der Waals surface area contributed by atoms with Crippen LogP contribution >= 0.6 is 0 Å². The van der Waals surface area contributed by atoms with Gasteiger partial charge >= 0.3 is 0 Å². The molecule has 1 saturated carbocycles. The number of nitrogens with one attached hydrogen (secondary N) is 1. The third-order valence-corrected chi connectivity index (χ3v) is 3.45. The lowest BCUT2D eigenvalue weighted by Crippen LogP contribution is -2.28. The molecule has 1 aromatic rings. The Hall–Kier alpha value is -1.78. The number of nitrogens with two attached hydrogens (primary N) is 1. The Morgan fingerprint density at radius 1 is 1.42 bits per heavy atom. The van der Waals surface area contributed by atoms with Crippen LogP contribution in [0.4, 0.5) is 11.6 Å². The van der Waals surface area contributed by atoms with Crippen LogP contribution in [0.3, 0.4) is 0 Å². The van der Waals surface area contributed by atoms with Crippen molar-refractivity contribution >= 4 is 11.6 Å². The standard InChI is InChI=1S/C12H19N5O2/c13-7-10-11(14)17(5-6-18)16-12(10)15-8-1-3-9(19)4-2-8/h8-9,18-19H,1-6,14H2,(H,15,16). The summed E-state index contributed by atoms with van der Waals surface area (Å²) in [7, 11) is 0. The third kappa shape index (κ3) is 2.97. The molecule has 1 aromatic heterocycles. The summed E-state index contributed by atoms with van der Waals surface area (Å²) in [5.74, 6) is 0.740. The smallest absolute Gasteiger partial charge is 0.168 e. The fraction of sp³-hybridized carbons (Fsp3) is 0.667. The summed E-state index contributed by atoms with van der Waals surface area (Å²) < 4.78 is 1.43. The normalized spacial score (nSPS) is 23.0. The number of nitrogens with zero attached hydrogens (tertiary/aromatic N) is 3. The predicted molar refractivity (Wildman–Crippen MR) is 70.3 cm³/mol. The van der Waals surface area contributed by atoms with Crippen molar-refractivity contribution in [2.24, 2.45) is 0 Å². The van der Waals surface area contributed by atoms with Crippen molar-refractivity contribution in [3.05, 3.63) is 5.56 Å². The van der Waals surface area contributed by atoms with Gasteiger partial charge in [0.25, 0.3) is 0 Å².